The van der Waals surface area contributed by atoms with Crippen molar-refractivity contribution in [2.24, 2.45) is 0 Å². The van der Waals surface area contributed by atoms with E-state index in [-0.39, 0.29) is 29.2 Å². The fourth-order valence-corrected chi connectivity index (χ4v) is 5.62. The van der Waals surface area contributed by atoms with Gasteiger partial charge in [0.2, 0.25) is 15.9 Å². The third-order valence-electron chi connectivity index (χ3n) is 5.86. The lowest BCUT2D eigenvalue weighted by Crippen LogP contribution is -2.40. The number of ether oxygens (including phenoxy) is 1. The minimum Gasteiger partial charge on any atom is -0.379 e. The lowest BCUT2D eigenvalue weighted by molar-refractivity contribution is -0.117. The topological polar surface area (TPSA) is 79.0 Å². The molecule has 1 heterocycles. The summed E-state index contributed by atoms with van der Waals surface area (Å²) in [6.07, 6.45) is 0. The minimum absolute atomic E-state index is 0.0391. The van der Waals surface area contributed by atoms with Crippen LogP contribution in [0.15, 0.2) is 83.8 Å². The highest BCUT2D eigenvalue weighted by Gasteiger charge is 2.27. The molecule has 3 aromatic rings. The fourth-order valence-electron chi connectivity index (χ4n) is 4.17. The first-order valence-electron chi connectivity index (χ1n) is 11.3. The number of anilines is 1. The Morgan fingerprint density at radius 1 is 1.00 bits per heavy atom. The molecule has 0 spiro atoms. The van der Waals surface area contributed by atoms with Crippen molar-refractivity contribution in [2.45, 2.75) is 10.9 Å². The third kappa shape index (κ3) is 6.12. The molecular weight excluding hydrogens is 469 g/mol. The van der Waals surface area contributed by atoms with Crippen molar-refractivity contribution in [3.05, 3.63) is 95.8 Å². The first kappa shape index (κ1) is 25.0. The van der Waals surface area contributed by atoms with Gasteiger partial charge in [0.05, 0.1) is 30.7 Å². The van der Waals surface area contributed by atoms with Gasteiger partial charge < -0.3 is 10.1 Å². The first-order chi connectivity index (χ1) is 16.8. The zero-order valence-corrected chi connectivity index (χ0v) is 20.2. The standard InChI is InChI=1S/C26H28FN3O4S/c1-29(26(20-6-3-2-4-7-20)21-10-12-22(27)13-11-21)19-25(31)28-23-8-5-9-24(18-23)35(32,33)30-14-16-34-17-15-30/h2-13,18,26H,14-17,19H2,1H3,(H,28,31). The number of hydrogen-bond donors (Lipinski definition) is 1. The molecule has 35 heavy (non-hydrogen) atoms. The zero-order chi connectivity index (χ0) is 24.8. The molecule has 1 unspecified atom stereocenters. The van der Waals surface area contributed by atoms with Crippen LogP contribution in [0.4, 0.5) is 10.1 Å². The largest absolute Gasteiger partial charge is 0.379 e. The number of amides is 1. The summed E-state index contributed by atoms with van der Waals surface area (Å²) in [7, 11) is -1.85. The molecule has 4 rings (SSSR count). The van der Waals surface area contributed by atoms with Crippen LogP contribution in [-0.2, 0) is 19.6 Å². The molecule has 1 saturated heterocycles. The maximum absolute atomic E-state index is 13.5. The molecule has 9 heteroatoms. The van der Waals surface area contributed by atoms with E-state index in [0.717, 1.165) is 11.1 Å². The van der Waals surface area contributed by atoms with E-state index in [1.807, 2.05) is 42.3 Å². The Kier molecular flexibility index (Phi) is 7.92. The van der Waals surface area contributed by atoms with Crippen LogP contribution in [0.2, 0.25) is 0 Å². The molecule has 1 atom stereocenters. The molecule has 0 radical (unpaired) electrons. The van der Waals surface area contributed by atoms with Gasteiger partial charge in [-0.25, -0.2) is 12.8 Å². The quantitative estimate of drug-likeness (QED) is 0.515. The van der Waals surface area contributed by atoms with Gasteiger partial charge in [-0.3, -0.25) is 9.69 Å². The van der Waals surface area contributed by atoms with E-state index in [4.69, 9.17) is 4.74 Å². The molecule has 184 valence electrons. The Morgan fingerprint density at radius 3 is 2.34 bits per heavy atom. The second kappa shape index (κ2) is 11.1. The number of likely N-dealkylation sites (N-methyl/N-ethyl adjacent to an activating group) is 1. The number of sulfonamides is 1. The maximum Gasteiger partial charge on any atom is 0.243 e. The van der Waals surface area contributed by atoms with Crippen LogP contribution in [0.25, 0.3) is 0 Å². The Balaban J connectivity index is 1.49. The highest BCUT2D eigenvalue weighted by Crippen LogP contribution is 2.28. The molecule has 1 amide bonds. The van der Waals surface area contributed by atoms with Crippen LogP contribution in [-0.4, -0.2) is 63.4 Å². The van der Waals surface area contributed by atoms with Crippen molar-refractivity contribution in [2.75, 3.05) is 45.2 Å². The van der Waals surface area contributed by atoms with Gasteiger partial charge in [-0.05, 0) is 48.5 Å². The number of morpholine rings is 1. The minimum atomic E-state index is -3.67. The first-order valence-corrected chi connectivity index (χ1v) is 12.8. The van der Waals surface area contributed by atoms with Crippen LogP contribution in [0.5, 0.6) is 0 Å². The number of carbonyl (C=O) groups is 1. The van der Waals surface area contributed by atoms with Crippen molar-refractivity contribution in [3.8, 4) is 0 Å². The predicted molar refractivity (Wildman–Crippen MR) is 132 cm³/mol. The Bertz CT molecular complexity index is 1250. The van der Waals surface area contributed by atoms with Crippen LogP contribution in [0.1, 0.15) is 17.2 Å². The molecule has 0 aliphatic carbocycles. The molecule has 1 N–H and O–H groups in total. The van der Waals surface area contributed by atoms with Crippen LogP contribution >= 0.6 is 0 Å². The lowest BCUT2D eigenvalue weighted by Gasteiger charge is -2.28. The summed E-state index contributed by atoms with van der Waals surface area (Å²) in [5.41, 5.74) is 2.22. The normalized spacial score (nSPS) is 15.6. The second-order valence-corrected chi connectivity index (χ2v) is 10.3. The van der Waals surface area contributed by atoms with E-state index in [0.29, 0.717) is 32.0 Å². The van der Waals surface area contributed by atoms with Gasteiger partial charge in [-0.2, -0.15) is 4.31 Å². The molecular formula is C26H28FN3O4S. The van der Waals surface area contributed by atoms with Crippen molar-refractivity contribution in [1.29, 1.82) is 0 Å². The summed E-state index contributed by atoms with van der Waals surface area (Å²) in [6.45, 7) is 1.36. The Hall–Kier alpha value is -3.11. The number of hydrogen-bond acceptors (Lipinski definition) is 5. The Labute approximate surface area is 205 Å². The number of rotatable bonds is 8. The van der Waals surface area contributed by atoms with Crippen molar-refractivity contribution < 1.29 is 22.3 Å². The summed E-state index contributed by atoms with van der Waals surface area (Å²) >= 11 is 0. The Morgan fingerprint density at radius 2 is 1.66 bits per heavy atom. The van der Waals surface area contributed by atoms with Gasteiger partial charge in [-0.15, -0.1) is 0 Å². The number of nitrogens with zero attached hydrogens (tertiary/aromatic N) is 2. The number of carbonyl (C=O) groups excluding carboxylic acids is 1. The predicted octanol–water partition coefficient (Wildman–Crippen LogP) is 3.51. The summed E-state index contributed by atoms with van der Waals surface area (Å²) in [6, 6.07) is 21.9. The maximum atomic E-state index is 13.5. The monoisotopic (exact) mass is 497 g/mol. The average molecular weight is 498 g/mol. The van der Waals surface area contributed by atoms with Gasteiger partial charge in [-0.1, -0.05) is 48.5 Å². The summed E-state index contributed by atoms with van der Waals surface area (Å²) in [4.78, 5) is 14.9. The molecule has 0 bridgehead atoms. The fraction of sp³-hybridized carbons (Fsp3) is 0.269. The molecule has 1 aliphatic heterocycles. The van der Waals surface area contributed by atoms with E-state index in [1.54, 1.807) is 24.3 Å². The van der Waals surface area contributed by atoms with Gasteiger partial charge in [0.1, 0.15) is 5.82 Å². The third-order valence-corrected chi connectivity index (χ3v) is 7.76. The van der Waals surface area contributed by atoms with Crippen LogP contribution in [0, 0.1) is 5.82 Å². The SMILES string of the molecule is CN(CC(=O)Nc1cccc(S(=O)(=O)N2CCOCC2)c1)C(c1ccccc1)c1ccc(F)cc1. The van der Waals surface area contributed by atoms with Crippen LogP contribution in [0.3, 0.4) is 0 Å². The van der Waals surface area contributed by atoms with E-state index in [2.05, 4.69) is 5.32 Å². The van der Waals surface area contributed by atoms with Crippen molar-refractivity contribution in [3.63, 3.8) is 0 Å². The van der Waals surface area contributed by atoms with Crippen LogP contribution < -0.4 is 5.32 Å². The van der Waals surface area contributed by atoms with Gasteiger partial charge in [0.15, 0.2) is 0 Å². The highest BCUT2D eigenvalue weighted by atomic mass is 32.2. The van der Waals surface area contributed by atoms with E-state index < -0.39 is 10.0 Å². The van der Waals surface area contributed by atoms with E-state index >= 15 is 0 Å². The van der Waals surface area contributed by atoms with Gasteiger partial charge in [0, 0.05) is 18.8 Å². The van der Waals surface area contributed by atoms with E-state index in [9.17, 15) is 17.6 Å². The second-order valence-electron chi connectivity index (χ2n) is 8.37. The van der Waals surface area contributed by atoms with E-state index in [1.165, 1.54) is 28.6 Å². The van der Waals surface area contributed by atoms with Gasteiger partial charge >= 0.3 is 0 Å². The van der Waals surface area contributed by atoms with Gasteiger partial charge in [0.25, 0.3) is 0 Å². The smallest absolute Gasteiger partial charge is 0.243 e. The number of nitrogens with one attached hydrogen (secondary N) is 1. The highest BCUT2D eigenvalue weighted by molar-refractivity contribution is 7.89. The zero-order valence-electron chi connectivity index (χ0n) is 19.4. The molecule has 0 saturated carbocycles. The number of benzene rings is 3. The van der Waals surface area contributed by atoms with Crippen molar-refractivity contribution in [1.82, 2.24) is 9.21 Å². The van der Waals surface area contributed by atoms with Crippen molar-refractivity contribution >= 4 is 21.6 Å². The number of halogens is 1. The summed E-state index contributed by atoms with van der Waals surface area (Å²) in [5, 5.41) is 2.81. The lowest BCUT2D eigenvalue weighted by atomic mass is 9.97. The summed E-state index contributed by atoms with van der Waals surface area (Å²) < 4.78 is 46.1. The summed E-state index contributed by atoms with van der Waals surface area (Å²) in [5.74, 6) is -0.621. The molecule has 1 fully saturated rings. The molecule has 3 aromatic carbocycles. The molecule has 1 aliphatic rings. The molecule has 0 aromatic heterocycles. The molecule has 7 nitrogen and oxygen atoms in total. The average Bonchev–Trinajstić information content (AvgIpc) is 2.86.